The number of aromatic nitrogens is 3. The molecule has 34 heavy (non-hydrogen) atoms. The second-order valence-electron chi connectivity index (χ2n) is 6.29. The standard InChI is InChI=1S/C19H12F3N5O5S2/c20-19(21,22)31-11-5-3-10(4-6-11)23-15(28)9-33-18-26-25-17(34-18)24-16(29)12-8-14(32-27-12)13-2-1-7-30-13/h1-8H,9H2,(H,23,28)(H,24,25,29). The van der Waals surface area contributed by atoms with E-state index in [4.69, 9.17) is 8.94 Å². The molecule has 0 saturated heterocycles. The second-order valence-corrected chi connectivity index (χ2v) is 8.49. The summed E-state index contributed by atoms with van der Waals surface area (Å²) >= 11 is 2.11. The van der Waals surface area contributed by atoms with Gasteiger partial charge in [-0.05, 0) is 36.4 Å². The normalized spacial score (nSPS) is 11.3. The minimum absolute atomic E-state index is 0.0156. The van der Waals surface area contributed by atoms with Gasteiger partial charge in [-0.25, -0.2) is 0 Å². The highest BCUT2D eigenvalue weighted by molar-refractivity contribution is 8.01. The van der Waals surface area contributed by atoms with Gasteiger partial charge in [-0.3, -0.25) is 14.9 Å². The van der Waals surface area contributed by atoms with Gasteiger partial charge in [-0.1, -0.05) is 28.3 Å². The van der Waals surface area contributed by atoms with E-state index in [0.29, 0.717) is 15.8 Å². The molecule has 2 N–H and O–H groups in total. The summed E-state index contributed by atoms with van der Waals surface area (Å²) in [5.41, 5.74) is 0.314. The number of halogens is 3. The van der Waals surface area contributed by atoms with E-state index in [-0.39, 0.29) is 22.3 Å². The Morgan fingerprint density at radius 1 is 1.09 bits per heavy atom. The van der Waals surface area contributed by atoms with Crippen molar-refractivity contribution in [3.8, 4) is 17.3 Å². The molecule has 1 aromatic carbocycles. The van der Waals surface area contributed by atoms with Gasteiger partial charge in [-0.15, -0.1) is 23.4 Å². The third-order valence-corrected chi connectivity index (χ3v) is 5.80. The minimum Gasteiger partial charge on any atom is -0.461 e. The Balaban J connectivity index is 1.25. The molecule has 0 spiro atoms. The van der Waals surface area contributed by atoms with Gasteiger partial charge in [0, 0.05) is 11.8 Å². The monoisotopic (exact) mass is 511 g/mol. The Labute approximate surface area is 196 Å². The molecule has 0 atom stereocenters. The molecule has 176 valence electrons. The fourth-order valence-electron chi connectivity index (χ4n) is 2.46. The number of furan rings is 1. The van der Waals surface area contributed by atoms with Crippen LogP contribution in [0.25, 0.3) is 11.5 Å². The molecule has 3 aromatic heterocycles. The summed E-state index contributed by atoms with van der Waals surface area (Å²) in [5.74, 6) is -0.708. The summed E-state index contributed by atoms with van der Waals surface area (Å²) in [4.78, 5) is 24.4. The van der Waals surface area contributed by atoms with Gasteiger partial charge < -0.3 is 19.0 Å². The summed E-state index contributed by atoms with van der Waals surface area (Å²) < 4.78 is 51.0. The lowest BCUT2D eigenvalue weighted by Crippen LogP contribution is -2.17. The van der Waals surface area contributed by atoms with E-state index >= 15 is 0 Å². The molecule has 0 aliphatic rings. The van der Waals surface area contributed by atoms with Crippen LogP contribution in [-0.4, -0.2) is 39.3 Å². The van der Waals surface area contributed by atoms with Crippen molar-refractivity contribution in [2.75, 3.05) is 16.4 Å². The van der Waals surface area contributed by atoms with Gasteiger partial charge in [0.05, 0.1) is 12.0 Å². The maximum atomic E-state index is 12.3. The molecule has 4 aromatic rings. The van der Waals surface area contributed by atoms with E-state index in [0.717, 1.165) is 35.2 Å². The molecule has 0 radical (unpaired) electrons. The molecule has 10 nitrogen and oxygen atoms in total. The average Bonchev–Trinajstić information content (AvgIpc) is 3.54. The number of nitrogens with zero attached hydrogens (tertiary/aromatic N) is 3. The van der Waals surface area contributed by atoms with E-state index in [2.05, 4.69) is 30.7 Å². The zero-order chi connectivity index (χ0) is 24.1. The summed E-state index contributed by atoms with van der Waals surface area (Å²) in [7, 11) is 0. The lowest BCUT2D eigenvalue weighted by Gasteiger charge is -2.09. The molecule has 15 heteroatoms. The number of alkyl halides is 3. The van der Waals surface area contributed by atoms with Gasteiger partial charge in [0.2, 0.25) is 16.8 Å². The lowest BCUT2D eigenvalue weighted by molar-refractivity contribution is -0.274. The van der Waals surface area contributed by atoms with Crippen LogP contribution >= 0.6 is 23.1 Å². The SMILES string of the molecule is O=C(CSc1nnc(NC(=O)c2cc(-c3ccco3)on2)s1)Nc1ccc(OC(F)(F)F)cc1. The summed E-state index contributed by atoms with van der Waals surface area (Å²) in [6, 6.07) is 9.47. The molecule has 3 heterocycles. The molecule has 2 amide bonds. The number of carbonyl (C=O) groups excluding carboxylic acids is 2. The number of benzene rings is 1. The first-order valence-corrected chi connectivity index (χ1v) is 11.0. The van der Waals surface area contributed by atoms with Crippen LogP contribution in [0.3, 0.4) is 0 Å². The molecular formula is C19H12F3N5O5S2. The minimum atomic E-state index is -4.79. The number of amides is 2. The zero-order valence-electron chi connectivity index (χ0n) is 16.7. The highest BCUT2D eigenvalue weighted by Crippen LogP contribution is 2.27. The number of anilines is 2. The van der Waals surface area contributed by atoms with Crippen LogP contribution in [0, 0.1) is 0 Å². The smallest absolute Gasteiger partial charge is 0.461 e. The third-order valence-electron chi connectivity index (χ3n) is 3.83. The van der Waals surface area contributed by atoms with Crippen LogP contribution in [0.5, 0.6) is 5.75 Å². The third kappa shape index (κ3) is 6.35. The Kier molecular flexibility index (Phi) is 6.83. The van der Waals surface area contributed by atoms with Crippen molar-refractivity contribution < 1.29 is 36.4 Å². The number of nitrogens with one attached hydrogen (secondary N) is 2. The zero-order valence-corrected chi connectivity index (χ0v) is 18.3. The molecule has 0 bridgehead atoms. The van der Waals surface area contributed by atoms with Crippen molar-refractivity contribution in [1.82, 2.24) is 15.4 Å². The van der Waals surface area contributed by atoms with Crippen molar-refractivity contribution >= 4 is 45.7 Å². The highest BCUT2D eigenvalue weighted by atomic mass is 32.2. The Morgan fingerprint density at radius 2 is 1.88 bits per heavy atom. The first-order chi connectivity index (χ1) is 16.2. The predicted molar refractivity (Wildman–Crippen MR) is 115 cm³/mol. The topological polar surface area (TPSA) is 132 Å². The highest BCUT2D eigenvalue weighted by Gasteiger charge is 2.31. The second kappa shape index (κ2) is 9.96. The molecular weight excluding hydrogens is 499 g/mol. The van der Waals surface area contributed by atoms with E-state index < -0.39 is 23.9 Å². The van der Waals surface area contributed by atoms with E-state index in [9.17, 15) is 22.8 Å². The largest absolute Gasteiger partial charge is 0.573 e. The van der Waals surface area contributed by atoms with Crippen molar-refractivity contribution in [2.45, 2.75) is 10.7 Å². The van der Waals surface area contributed by atoms with Gasteiger partial charge in [0.25, 0.3) is 5.91 Å². The van der Waals surface area contributed by atoms with E-state index in [1.165, 1.54) is 24.5 Å². The number of thioether (sulfide) groups is 1. The molecule has 0 saturated carbocycles. The van der Waals surface area contributed by atoms with E-state index in [1.54, 1.807) is 12.1 Å². The van der Waals surface area contributed by atoms with Crippen molar-refractivity contribution in [3.63, 3.8) is 0 Å². The van der Waals surface area contributed by atoms with Crippen LogP contribution in [0.2, 0.25) is 0 Å². The summed E-state index contributed by atoms with van der Waals surface area (Å²) in [6.07, 6.45) is -3.33. The molecule has 0 aliphatic carbocycles. The fraction of sp³-hybridized carbons (Fsp3) is 0.105. The fourth-order valence-corrected chi connectivity index (χ4v) is 4.01. The summed E-state index contributed by atoms with van der Waals surface area (Å²) in [6.45, 7) is 0. The lowest BCUT2D eigenvalue weighted by atomic mass is 10.3. The van der Waals surface area contributed by atoms with Gasteiger partial charge in [0.1, 0.15) is 5.75 Å². The quantitative estimate of drug-likeness (QED) is 0.256. The predicted octanol–water partition coefficient (Wildman–Crippen LogP) is 4.67. The maximum absolute atomic E-state index is 12.3. The summed E-state index contributed by atoms with van der Waals surface area (Å²) in [5, 5.41) is 16.7. The van der Waals surface area contributed by atoms with Gasteiger partial charge in [-0.2, -0.15) is 0 Å². The maximum Gasteiger partial charge on any atom is 0.573 e. The van der Waals surface area contributed by atoms with Crippen LogP contribution in [0.4, 0.5) is 24.0 Å². The number of ether oxygens (including phenoxy) is 1. The Morgan fingerprint density at radius 3 is 2.59 bits per heavy atom. The Bertz CT molecular complexity index is 1270. The van der Waals surface area contributed by atoms with Crippen LogP contribution in [0.1, 0.15) is 10.5 Å². The molecule has 4 rings (SSSR count). The Hall–Kier alpha value is -3.85. The van der Waals surface area contributed by atoms with Gasteiger partial charge >= 0.3 is 6.36 Å². The van der Waals surface area contributed by atoms with E-state index in [1.807, 2.05) is 0 Å². The number of carbonyl (C=O) groups is 2. The first-order valence-electron chi connectivity index (χ1n) is 9.19. The van der Waals surface area contributed by atoms with Crippen molar-refractivity contribution in [2.24, 2.45) is 0 Å². The van der Waals surface area contributed by atoms with Crippen molar-refractivity contribution in [1.29, 1.82) is 0 Å². The molecule has 0 unspecified atom stereocenters. The first kappa shape index (κ1) is 23.3. The number of hydrogen-bond acceptors (Lipinski definition) is 10. The number of rotatable bonds is 8. The average molecular weight is 511 g/mol. The van der Waals surface area contributed by atoms with Crippen molar-refractivity contribution in [3.05, 3.63) is 54.4 Å². The van der Waals surface area contributed by atoms with Gasteiger partial charge in [0.15, 0.2) is 15.8 Å². The van der Waals surface area contributed by atoms with Crippen LogP contribution in [0.15, 0.2) is 62.0 Å². The van der Waals surface area contributed by atoms with Crippen LogP contribution < -0.4 is 15.4 Å². The van der Waals surface area contributed by atoms with Crippen LogP contribution in [-0.2, 0) is 4.79 Å². The molecule has 0 aliphatic heterocycles. The molecule has 0 fully saturated rings. The number of hydrogen-bond donors (Lipinski definition) is 2.